The quantitative estimate of drug-likeness (QED) is 0.611. The van der Waals surface area contributed by atoms with Crippen molar-refractivity contribution in [3.05, 3.63) is 0 Å². The monoisotopic (exact) mass is 196 g/mol. The summed E-state index contributed by atoms with van der Waals surface area (Å²) in [6.07, 6.45) is 0.963. The molecule has 2 N–H and O–H groups in total. The van der Waals surface area contributed by atoms with Gasteiger partial charge in [-0.15, -0.1) is 0 Å². The third-order valence-electron chi connectivity index (χ3n) is 3.77. The number of hydrogen-bond acceptors (Lipinski definition) is 3. The molecule has 14 heavy (non-hydrogen) atoms. The van der Waals surface area contributed by atoms with Crippen LogP contribution in [-0.2, 0) is 9.53 Å². The molecule has 4 nitrogen and oxygen atoms in total. The Morgan fingerprint density at radius 1 is 1.36 bits per heavy atom. The second-order valence-electron chi connectivity index (χ2n) is 4.72. The second-order valence-corrected chi connectivity index (χ2v) is 4.72. The van der Waals surface area contributed by atoms with E-state index >= 15 is 0 Å². The molecule has 3 atom stereocenters. The maximum Gasteiger partial charge on any atom is 0.226 e. The zero-order chi connectivity index (χ0) is 9.71. The van der Waals surface area contributed by atoms with Crippen molar-refractivity contribution in [1.29, 1.82) is 0 Å². The lowest BCUT2D eigenvalue weighted by atomic mass is 10.2. The summed E-state index contributed by atoms with van der Waals surface area (Å²) in [6, 6.07) is 0.203. The number of fused-ring (bicyclic) bond motifs is 1. The van der Waals surface area contributed by atoms with E-state index in [1.54, 1.807) is 0 Å². The minimum atomic E-state index is 0.203. The van der Waals surface area contributed by atoms with Gasteiger partial charge in [0.2, 0.25) is 5.91 Å². The van der Waals surface area contributed by atoms with Crippen LogP contribution in [0, 0.1) is 17.8 Å². The Kier molecular flexibility index (Phi) is 1.82. The highest BCUT2D eigenvalue weighted by Crippen LogP contribution is 2.51. The minimum absolute atomic E-state index is 0.203. The molecule has 0 spiro atoms. The molecule has 3 aliphatic rings. The lowest BCUT2D eigenvalue weighted by molar-refractivity contribution is -0.133. The average Bonchev–Trinajstić information content (AvgIpc) is 2.56. The van der Waals surface area contributed by atoms with E-state index in [9.17, 15) is 4.79 Å². The topological polar surface area (TPSA) is 55.6 Å². The summed E-state index contributed by atoms with van der Waals surface area (Å²) in [7, 11) is 0. The van der Waals surface area contributed by atoms with Gasteiger partial charge in [-0.3, -0.25) is 4.79 Å². The van der Waals surface area contributed by atoms with Gasteiger partial charge in [0.25, 0.3) is 0 Å². The van der Waals surface area contributed by atoms with Crippen molar-refractivity contribution in [2.75, 3.05) is 26.3 Å². The summed E-state index contributed by atoms with van der Waals surface area (Å²) in [5.41, 5.74) is 5.78. The predicted octanol–water partition coefficient (Wildman–Crippen LogP) is -0.562. The van der Waals surface area contributed by atoms with E-state index in [2.05, 4.69) is 0 Å². The standard InChI is InChI=1S/C10H16N2O2/c11-6-1-2-12(3-6)10(13)9-7-4-14-5-8(7)9/h6-9H,1-5,11H2/t6-,7?,8?,9?/m0/s1. The number of carbonyl (C=O) groups is 1. The first kappa shape index (κ1) is 8.68. The van der Waals surface area contributed by atoms with Gasteiger partial charge in [-0.1, -0.05) is 0 Å². The van der Waals surface area contributed by atoms with Gasteiger partial charge < -0.3 is 15.4 Å². The van der Waals surface area contributed by atoms with Crippen molar-refractivity contribution in [2.45, 2.75) is 12.5 Å². The molecule has 3 rings (SSSR count). The van der Waals surface area contributed by atoms with Gasteiger partial charge in [-0.05, 0) is 18.3 Å². The number of nitrogens with two attached hydrogens (primary N) is 1. The van der Waals surface area contributed by atoms with Crippen molar-refractivity contribution in [2.24, 2.45) is 23.5 Å². The highest BCUT2D eigenvalue weighted by molar-refractivity contribution is 5.83. The lowest BCUT2D eigenvalue weighted by Crippen LogP contribution is -2.34. The molecule has 4 heteroatoms. The maximum absolute atomic E-state index is 12.0. The van der Waals surface area contributed by atoms with E-state index < -0.39 is 0 Å². The van der Waals surface area contributed by atoms with Crippen LogP contribution in [0.25, 0.3) is 0 Å². The van der Waals surface area contributed by atoms with E-state index in [1.807, 2.05) is 4.90 Å². The average molecular weight is 196 g/mol. The maximum atomic E-state index is 12.0. The SMILES string of the molecule is N[C@H]1CCN(C(=O)C2C3COCC32)C1. The minimum Gasteiger partial charge on any atom is -0.381 e. The smallest absolute Gasteiger partial charge is 0.226 e. The summed E-state index contributed by atoms with van der Waals surface area (Å²) in [5, 5.41) is 0. The molecule has 2 saturated heterocycles. The van der Waals surface area contributed by atoms with Crippen molar-refractivity contribution < 1.29 is 9.53 Å². The Bertz CT molecular complexity index is 255. The van der Waals surface area contributed by atoms with E-state index in [4.69, 9.17) is 10.5 Å². The van der Waals surface area contributed by atoms with Gasteiger partial charge in [0.05, 0.1) is 13.2 Å². The summed E-state index contributed by atoms with van der Waals surface area (Å²) in [5.74, 6) is 1.66. The van der Waals surface area contributed by atoms with Crippen LogP contribution >= 0.6 is 0 Å². The summed E-state index contributed by atoms with van der Waals surface area (Å²) < 4.78 is 5.28. The van der Waals surface area contributed by atoms with Crippen molar-refractivity contribution >= 4 is 5.91 Å². The zero-order valence-electron chi connectivity index (χ0n) is 8.19. The molecular weight excluding hydrogens is 180 g/mol. The molecule has 1 saturated carbocycles. The van der Waals surface area contributed by atoms with Crippen LogP contribution in [0.4, 0.5) is 0 Å². The second kappa shape index (κ2) is 2.94. The van der Waals surface area contributed by atoms with Crippen LogP contribution in [-0.4, -0.2) is 43.2 Å². The number of rotatable bonds is 1. The number of nitrogens with zero attached hydrogens (tertiary/aromatic N) is 1. The first-order chi connectivity index (χ1) is 6.77. The van der Waals surface area contributed by atoms with Gasteiger partial charge in [0.1, 0.15) is 0 Å². The van der Waals surface area contributed by atoms with Gasteiger partial charge in [-0.2, -0.15) is 0 Å². The molecule has 0 aromatic carbocycles. The number of hydrogen-bond donors (Lipinski definition) is 1. The van der Waals surface area contributed by atoms with Gasteiger partial charge >= 0.3 is 0 Å². The normalized spacial score (nSPS) is 45.4. The molecule has 1 aliphatic carbocycles. The van der Waals surface area contributed by atoms with E-state index in [-0.39, 0.29) is 12.0 Å². The first-order valence-electron chi connectivity index (χ1n) is 5.39. The molecule has 0 aromatic rings. The van der Waals surface area contributed by atoms with Crippen LogP contribution in [0.5, 0.6) is 0 Å². The van der Waals surface area contributed by atoms with Crippen molar-refractivity contribution in [3.8, 4) is 0 Å². The molecule has 3 fully saturated rings. The van der Waals surface area contributed by atoms with Crippen molar-refractivity contribution in [3.63, 3.8) is 0 Å². The molecular formula is C10H16N2O2. The fourth-order valence-corrected chi connectivity index (χ4v) is 2.80. The van der Waals surface area contributed by atoms with Crippen LogP contribution in [0.2, 0.25) is 0 Å². The Morgan fingerprint density at radius 2 is 2.07 bits per heavy atom. The third kappa shape index (κ3) is 1.17. The third-order valence-corrected chi connectivity index (χ3v) is 3.77. The highest BCUT2D eigenvalue weighted by atomic mass is 16.5. The highest BCUT2D eigenvalue weighted by Gasteiger charge is 2.59. The Balaban J connectivity index is 1.61. The molecule has 0 aromatic heterocycles. The first-order valence-corrected chi connectivity index (χ1v) is 5.39. The van der Waals surface area contributed by atoms with Crippen LogP contribution in [0.3, 0.4) is 0 Å². The Labute approximate surface area is 83.4 Å². The number of ether oxygens (including phenoxy) is 1. The molecule has 2 aliphatic heterocycles. The molecule has 0 bridgehead atoms. The van der Waals surface area contributed by atoms with Crippen molar-refractivity contribution in [1.82, 2.24) is 4.90 Å². The predicted molar refractivity (Wildman–Crippen MR) is 50.5 cm³/mol. The van der Waals surface area contributed by atoms with Crippen LogP contribution in [0.1, 0.15) is 6.42 Å². The number of amides is 1. The van der Waals surface area contributed by atoms with E-state index in [0.717, 1.165) is 32.7 Å². The van der Waals surface area contributed by atoms with E-state index in [0.29, 0.717) is 17.7 Å². The largest absolute Gasteiger partial charge is 0.381 e. The fraction of sp³-hybridized carbons (Fsp3) is 0.900. The number of likely N-dealkylation sites (tertiary alicyclic amines) is 1. The van der Waals surface area contributed by atoms with Gasteiger partial charge in [0.15, 0.2) is 0 Å². The van der Waals surface area contributed by atoms with Gasteiger partial charge in [-0.25, -0.2) is 0 Å². The van der Waals surface area contributed by atoms with Gasteiger partial charge in [0, 0.05) is 25.0 Å². The zero-order valence-corrected chi connectivity index (χ0v) is 8.19. The summed E-state index contributed by atoms with van der Waals surface area (Å²) in [6.45, 7) is 3.20. The summed E-state index contributed by atoms with van der Waals surface area (Å²) >= 11 is 0. The lowest BCUT2D eigenvalue weighted by Gasteiger charge is -2.16. The molecule has 1 amide bonds. The molecule has 0 radical (unpaired) electrons. The van der Waals surface area contributed by atoms with Crippen LogP contribution < -0.4 is 5.73 Å². The molecule has 2 heterocycles. The molecule has 2 unspecified atom stereocenters. The summed E-state index contributed by atoms with van der Waals surface area (Å²) in [4.78, 5) is 13.9. The van der Waals surface area contributed by atoms with Crippen LogP contribution in [0.15, 0.2) is 0 Å². The Morgan fingerprint density at radius 3 is 2.64 bits per heavy atom. The Hall–Kier alpha value is -0.610. The molecule has 78 valence electrons. The number of carbonyl (C=O) groups excluding carboxylic acids is 1. The fourth-order valence-electron chi connectivity index (χ4n) is 2.80. The van der Waals surface area contributed by atoms with E-state index in [1.165, 1.54) is 0 Å².